The maximum absolute atomic E-state index is 11.6. The SMILES string of the molecule is CCC(Br)C(=O)NC1CCCSCC1. The Kier molecular flexibility index (Phi) is 5.94. The summed E-state index contributed by atoms with van der Waals surface area (Å²) in [6.45, 7) is 2.02. The minimum absolute atomic E-state index is 0.0154. The van der Waals surface area contributed by atoms with Gasteiger partial charge in [-0.05, 0) is 37.2 Å². The van der Waals surface area contributed by atoms with Crippen molar-refractivity contribution >= 4 is 33.6 Å². The molecule has 0 saturated carbocycles. The first kappa shape index (κ1) is 12.4. The Bertz CT molecular complexity index is 181. The highest BCUT2D eigenvalue weighted by molar-refractivity contribution is 9.10. The van der Waals surface area contributed by atoms with Gasteiger partial charge in [0, 0.05) is 6.04 Å². The van der Waals surface area contributed by atoms with Gasteiger partial charge in [-0.1, -0.05) is 22.9 Å². The van der Waals surface area contributed by atoms with Crippen LogP contribution in [0.2, 0.25) is 0 Å². The Labute approximate surface area is 98.7 Å². The summed E-state index contributed by atoms with van der Waals surface area (Å²) < 4.78 is 0. The van der Waals surface area contributed by atoms with Gasteiger partial charge < -0.3 is 5.32 Å². The molecule has 1 aliphatic rings. The van der Waals surface area contributed by atoms with Crippen LogP contribution in [0.25, 0.3) is 0 Å². The van der Waals surface area contributed by atoms with Crippen LogP contribution in [0.3, 0.4) is 0 Å². The molecule has 1 amide bonds. The Hall–Kier alpha value is 0.300. The van der Waals surface area contributed by atoms with E-state index in [0.717, 1.165) is 19.3 Å². The van der Waals surface area contributed by atoms with Crippen molar-refractivity contribution in [2.45, 2.75) is 43.5 Å². The van der Waals surface area contributed by atoms with Crippen LogP contribution in [-0.2, 0) is 4.79 Å². The number of thioether (sulfide) groups is 1. The predicted molar refractivity (Wildman–Crippen MR) is 66.1 cm³/mol. The average Bonchev–Trinajstić information content (AvgIpc) is 2.45. The van der Waals surface area contributed by atoms with E-state index in [1.54, 1.807) is 0 Å². The molecule has 4 heteroatoms. The Morgan fingerprint density at radius 3 is 3.07 bits per heavy atom. The zero-order valence-corrected chi connectivity index (χ0v) is 11.0. The van der Waals surface area contributed by atoms with Gasteiger partial charge in [-0.15, -0.1) is 0 Å². The van der Waals surface area contributed by atoms with Crippen molar-refractivity contribution in [1.82, 2.24) is 5.32 Å². The van der Waals surface area contributed by atoms with Crippen molar-refractivity contribution in [3.8, 4) is 0 Å². The average molecular weight is 280 g/mol. The summed E-state index contributed by atoms with van der Waals surface area (Å²) in [6, 6.07) is 0.407. The monoisotopic (exact) mass is 279 g/mol. The first-order valence-electron chi connectivity index (χ1n) is 5.26. The van der Waals surface area contributed by atoms with Crippen LogP contribution in [0, 0.1) is 0 Å². The predicted octanol–water partition coefficient (Wildman–Crippen LogP) is 2.56. The zero-order chi connectivity index (χ0) is 10.4. The second kappa shape index (κ2) is 6.72. The van der Waals surface area contributed by atoms with Crippen LogP contribution in [0.15, 0.2) is 0 Å². The molecule has 2 unspecified atom stereocenters. The molecule has 0 aliphatic carbocycles. The van der Waals surface area contributed by atoms with Gasteiger partial charge in [-0.25, -0.2) is 0 Å². The molecule has 1 fully saturated rings. The summed E-state index contributed by atoms with van der Waals surface area (Å²) in [6.07, 6.45) is 4.35. The highest BCUT2D eigenvalue weighted by Gasteiger charge is 2.18. The fraction of sp³-hybridized carbons (Fsp3) is 0.900. The van der Waals surface area contributed by atoms with E-state index in [-0.39, 0.29) is 10.7 Å². The van der Waals surface area contributed by atoms with Crippen molar-refractivity contribution in [3.05, 3.63) is 0 Å². The third-order valence-corrected chi connectivity index (χ3v) is 4.61. The second-order valence-electron chi connectivity index (χ2n) is 3.62. The summed E-state index contributed by atoms with van der Waals surface area (Å²) in [7, 11) is 0. The van der Waals surface area contributed by atoms with E-state index in [9.17, 15) is 4.79 Å². The molecule has 14 heavy (non-hydrogen) atoms. The normalized spacial score (nSPS) is 25.1. The van der Waals surface area contributed by atoms with E-state index < -0.39 is 0 Å². The van der Waals surface area contributed by atoms with Crippen LogP contribution >= 0.6 is 27.7 Å². The number of carbonyl (C=O) groups is 1. The number of rotatable bonds is 3. The highest BCUT2D eigenvalue weighted by Crippen LogP contribution is 2.17. The van der Waals surface area contributed by atoms with Gasteiger partial charge >= 0.3 is 0 Å². The molecule has 0 radical (unpaired) electrons. The molecular weight excluding hydrogens is 262 g/mol. The lowest BCUT2D eigenvalue weighted by atomic mass is 10.1. The van der Waals surface area contributed by atoms with E-state index in [1.165, 1.54) is 17.9 Å². The molecule has 1 aliphatic heterocycles. The summed E-state index contributed by atoms with van der Waals surface area (Å²) in [5.74, 6) is 2.59. The smallest absolute Gasteiger partial charge is 0.233 e. The Balaban J connectivity index is 2.30. The number of carbonyl (C=O) groups excluding carboxylic acids is 1. The number of nitrogens with one attached hydrogen (secondary N) is 1. The van der Waals surface area contributed by atoms with Gasteiger partial charge in [0.2, 0.25) is 5.91 Å². The molecule has 1 rings (SSSR count). The van der Waals surface area contributed by atoms with Crippen LogP contribution in [0.4, 0.5) is 0 Å². The molecule has 1 N–H and O–H groups in total. The molecule has 0 aromatic heterocycles. The van der Waals surface area contributed by atoms with Crippen molar-refractivity contribution in [3.63, 3.8) is 0 Å². The number of halogens is 1. The van der Waals surface area contributed by atoms with Gasteiger partial charge in [-0.3, -0.25) is 4.79 Å². The number of hydrogen-bond donors (Lipinski definition) is 1. The standard InChI is InChI=1S/C10H18BrNOS/c1-2-9(11)10(13)12-8-4-3-6-14-7-5-8/h8-9H,2-7H2,1H3,(H,12,13). The largest absolute Gasteiger partial charge is 0.352 e. The van der Waals surface area contributed by atoms with Gasteiger partial charge in [-0.2, -0.15) is 11.8 Å². The van der Waals surface area contributed by atoms with Crippen molar-refractivity contribution in [2.24, 2.45) is 0 Å². The summed E-state index contributed by atoms with van der Waals surface area (Å²) >= 11 is 5.37. The second-order valence-corrected chi connectivity index (χ2v) is 5.95. The lowest BCUT2D eigenvalue weighted by molar-refractivity contribution is -0.121. The summed E-state index contributed by atoms with van der Waals surface area (Å²) in [5.41, 5.74) is 0. The Morgan fingerprint density at radius 2 is 2.36 bits per heavy atom. The third-order valence-electron chi connectivity index (χ3n) is 2.44. The highest BCUT2D eigenvalue weighted by atomic mass is 79.9. The van der Waals surface area contributed by atoms with E-state index in [4.69, 9.17) is 0 Å². The van der Waals surface area contributed by atoms with Gasteiger partial charge in [0.1, 0.15) is 0 Å². The lowest BCUT2D eigenvalue weighted by Gasteiger charge is -2.17. The first-order chi connectivity index (χ1) is 6.74. The Morgan fingerprint density at radius 1 is 1.57 bits per heavy atom. The van der Waals surface area contributed by atoms with E-state index in [0.29, 0.717) is 6.04 Å². The summed E-state index contributed by atoms with van der Waals surface area (Å²) in [5, 5.41) is 3.11. The quantitative estimate of drug-likeness (QED) is 0.805. The first-order valence-corrected chi connectivity index (χ1v) is 7.33. The van der Waals surface area contributed by atoms with Gasteiger partial charge in [0.15, 0.2) is 0 Å². The fourth-order valence-corrected chi connectivity index (χ4v) is 2.68. The molecule has 0 spiro atoms. The molecule has 82 valence electrons. The maximum atomic E-state index is 11.6. The molecule has 0 aromatic rings. The molecular formula is C10H18BrNOS. The van der Waals surface area contributed by atoms with Crippen LogP contribution < -0.4 is 5.32 Å². The number of hydrogen-bond acceptors (Lipinski definition) is 2. The molecule has 1 saturated heterocycles. The van der Waals surface area contributed by atoms with Crippen LogP contribution in [-0.4, -0.2) is 28.3 Å². The molecule has 2 atom stereocenters. The molecule has 0 bridgehead atoms. The number of alkyl halides is 1. The van der Waals surface area contributed by atoms with E-state index in [2.05, 4.69) is 21.2 Å². The van der Waals surface area contributed by atoms with Crippen LogP contribution in [0.5, 0.6) is 0 Å². The minimum atomic E-state index is -0.0154. The third kappa shape index (κ3) is 4.22. The fourth-order valence-electron chi connectivity index (χ4n) is 1.53. The number of amides is 1. The maximum Gasteiger partial charge on any atom is 0.233 e. The molecule has 1 heterocycles. The molecule has 2 nitrogen and oxygen atoms in total. The van der Waals surface area contributed by atoms with E-state index >= 15 is 0 Å². The van der Waals surface area contributed by atoms with Crippen LogP contribution in [0.1, 0.15) is 32.6 Å². The van der Waals surface area contributed by atoms with Crippen molar-refractivity contribution < 1.29 is 4.79 Å². The molecule has 0 aromatic carbocycles. The summed E-state index contributed by atoms with van der Waals surface area (Å²) in [4.78, 5) is 11.6. The minimum Gasteiger partial charge on any atom is -0.352 e. The van der Waals surface area contributed by atoms with Crippen molar-refractivity contribution in [2.75, 3.05) is 11.5 Å². The van der Waals surface area contributed by atoms with Gasteiger partial charge in [0.05, 0.1) is 4.83 Å². The van der Waals surface area contributed by atoms with E-state index in [1.807, 2.05) is 18.7 Å². The lowest BCUT2D eigenvalue weighted by Crippen LogP contribution is -2.39. The zero-order valence-electron chi connectivity index (χ0n) is 8.59. The topological polar surface area (TPSA) is 29.1 Å². The van der Waals surface area contributed by atoms with Gasteiger partial charge in [0.25, 0.3) is 0 Å². The van der Waals surface area contributed by atoms with Crippen molar-refractivity contribution in [1.29, 1.82) is 0 Å².